The van der Waals surface area contributed by atoms with Crippen molar-refractivity contribution in [3.8, 4) is 0 Å². The van der Waals surface area contributed by atoms with Gasteiger partial charge in [-0.2, -0.15) is 10.2 Å². The van der Waals surface area contributed by atoms with Gasteiger partial charge in [-0.3, -0.25) is 24.8 Å². The molecule has 0 unspecified atom stereocenters. The fourth-order valence-electron chi connectivity index (χ4n) is 5.28. The number of hydrogen-bond donors (Lipinski definition) is 7. The SMILES string of the molecule is CCN(CC)Cc1cccc(N)c1N.CCN(CC)Cc1cccc(NC(=O)c2[nH]nc3ncc(Br)cc23)c1N.O=C(O)c1[nH]nc2ncc(Br)cc12. The Hall–Kier alpha value is -5.10. The van der Waals surface area contributed by atoms with E-state index in [1.165, 1.54) is 0 Å². The van der Waals surface area contributed by atoms with Crippen LogP contribution >= 0.6 is 31.9 Å². The minimum absolute atomic E-state index is 0.0591. The molecule has 1 amide bonds. The summed E-state index contributed by atoms with van der Waals surface area (Å²) in [5, 5.41) is 25.7. The van der Waals surface area contributed by atoms with Crippen LogP contribution in [0.4, 0.5) is 22.7 Å². The quantitative estimate of drug-likeness (QED) is 0.0692. The smallest absolute Gasteiger partial charge is 0.354 e. The number of benzene rings is 2. The highest BCUT2D eigenvalue weighted by molar-refractivity contribution is 9.10. The van der Waals surface area contributed by atoms with Crippen molar-refractivity contribution < 1.29 is 14.7 Å². The second-order valence-corrected chi connectivity index (χ2v) is 13.6. The van der Waals surface area contributed by atoms with Gasteiger partial charge in [0.2, 0.25) is 0 Å². The van der Waals surface area contributed by atoms with Crippen molar-refractivity contribution in [3.05, 3.63) is 92.4 Å². The number of aromatic amines is 2. The zero-order valence-electron chi connectivity index (χ0n) is 30.0. The molecule has 53 heavy (non-hydrogen) atoms. The maximum absolute atomic E-state index is 12.7. The second-order valence-electron chi connectivity index (χ2n) is 11.7. The Kier molecular flexibility index (Phi) is 14.7. The lowest BCUT2D eigenvalue weighted by molar-refractivity contribution is 0.0692. The molecule has 10 N–H and O–H groups in total. The van der Waals surface area contributed by atoms with E-state index in [9.17, 15) is 9.59 Å². The van der Waals surface area contributed by atoms with Crippen molar-refractivity contribution in [3.63, 3.8) is 0 Å². The summed E-state index contributed by atoms with van der Waals surface area (Å²) in [7, 11) is 0. The van der Waals surface area contributed by atoms with Gasteiger partial charge in [0.15, 0.2) is 17.0 Å². The zero-order valence-corrected chi connectivity index (χ0v) is 33.1. The minimum Gasteiger partial charge on any atom is -0.477 e. The molecule has 0 aliphatic rings. The van der Waals surface area contributed by atoms with Gasteiger partial charge < -0.3 is 27.6 Å². The number of carboxylic acids is 1. The molecule has 6 rings (SSSR count). The van der Waals surface area contributed by atoms with E-state index < -0.39 is 5.97 Å². The molecule has 6 aromatic rings. The molecule has 280 valence electrons. The van der Waals surface area contributed by atoms with E-state index in [0.717, 1.165) is 65.0 Å². The highest BCUT2D eigenvalue weighted by Gasteiger charge is 2.17. The fraction of sp³-hybridized carbons (Fsp3) is 0.278. The Labute approximate surface area is 324 Å². The Balaban J connectivity index is 0.000000196. The van der Waals surface area contributed by atoms with E-state index >= 15 is 0 Å². The number of fused-ring (bicyclic) bond motifs is 2. The molecule has 15 nitrogen and oxygen atoms in total. The van der Waals surface area contributed by atoms with Crippen LogP contribution in [0.2, 0.25) is 0 Å². The highest BCUT2D eigenvalue weighted by Crippen LogP contribution is 2.26. The van der Waals surface area contributed by atoms with Crippen molar-refractivity contribution in [1.29, 1.82) is 0 Å². The topological polar surface area (TPSA) is 234 Å². The average Bonchev–Trinajstić information content (AvgIpc) is 3.77. The lowest BCUT2D eigenvalue weighted by Crippen LogP contribution is -2.23. The van der Waals surface area contributed by atoms with E-state index in [0.29, 0.717) is 44.8 Å². The van der Waals surface area contributed by atoms with Crippen molar-refractivity contribution in [2.24, 2.45) is 0 Å². The molecule has 0 spiro atoms. The number of nitrogens with two attached hydrogens (primary N) is 3. The lowest BCUT2D eigenvalue weighted by atomic mass is 10.1. The van der Waals surface area contributed by atoms with Crippen LogP contribution in [-0.4, -0.2) is 83.3 Å². The largest absolute Gasteiger partial charge is 0.477 e. The first-order valence-corrected chi connectivity index (χ1v) is 18.5. The summed E-state index contributed by atoms with van der Waals surface area (Å²) in [5.41, 5.74) is 23.9. The number of para-hydroxylation sites is 2. The molecule has 0 radical (unpaired) electrons. The summed E-state index contributed by atoms with van der Waals surface area (Å²) in [6, 6.07) is 15.0. The molecule has 0 bridgehead atoms. The molecule has 2 aromatic carbocycles. The number of rotatable bonds is 11. The van der Waals surface area contributed by atoms with Crippen LogP contribution in [0.5, 0.6) is 0 Å². The van der Waals surface area contributed by atoms with E-state index in [1.54, 1.807) is 30.6 Å². The van der Waals surface area contributed by atoms with Gasteiger partial charge in [0.05, 0.1) is 33.5 Å². The summed E-state index contributed by atoms with van der Waals surface area (Å²) in [6.07, 6.45) is 3.20. The van der Waals surface area contributed by atoms with Crippen LogP contribution in [0.3, 0.4) is 0 Å². The van der Waals surface area contributed by atoms with Gasteiger partial charge >= 0.3 is 5.97 Å². The fourth-order valence-corrected chi connectivity index (χ4v) is 5.94. The number of carbonyl (C=O) groups is 2. The van der Waals surface area contributed by atoms with Gasteiger partial charge in [-0.25, -0.2) is 14.8 Å². The number of nitrogen functional groups attached to an aromatic ring is 3. The summed E-state index contributed by atoms with van der Waals surface area (Å²) in [4.78, 5) is 36.1. The molecule has 0 aliphatic heterocycles. The number of nitrogens with zero attached hydrogens (tertiary/aromatic N) is 6. The monoisotopic (exact) mass is 850 g/mol. The van der Waals surface area contributed by atoms with Gasteiger partial charge in [-0.05, 0) is 93.4 Å². The number of H-pyrrole nitrogens is 2. The maximum Gasteiger partial charge on any atom is 0.354 e. The maximum atomic E-state index is 12.7. The molecule has 0 saturated heterocycles. The van der Waals surface area contributed by atoms with Crippen LogP contribution in [0, 0.1) is 0 Å². The number of pyridine rings is 2. The third-order valence-electron chi connectivity index (χ3n) is 8.44. The Bertz CT molecular complexity index is 2160. The Morgan fingerprint density at radius 3 is 1.72 bits per heavy atom. The molecular weight excluding hydrogens is 808 g/mol. The number of amides is 1. The number of aromatic nitrogens is 6. The predicted octanol–water partition coefficient (Wildman–Crippen LogP) is 6.51. The zero-order chi connectivity index (χ0) is 38.7. The van der Waals surface area contributed by atoms with Gasteiger partial charge in [0.25, 0.3) is 5.91 Å². The molecule has 4 heterocycles. The average molecular weight is 853 g/mol. The van der Waals surface area contributed by atoms with Crippen molar-refractivity contribution in [2.75, 3.05) is 48.7 Å². The number of nitrogens with one attached hydrogen (secondary N) is 3. The van der Waals surface area contributed by atoms with Crippen molar-refractivity contribution >= 4 is 88.6 Å². The molecule has 0 saturated carbocycles. The number of carboxylic acid groups (broad SMARTS) is 1. The number of halogens is 2. The summed E-state index contributed by atoms with van der Waals surface area (Å²) >= 11 is 6.57. The first kappa shape index (κ1) is 40.7. The number of aromatic carboxylic acids is 1. The van der Waals surface area contributed by atoms with Crippen LogP contribution in [0.25, 0.3) is 22.1 Å². The highest BCUT2D eigenvalue weighted by atomic mass is 79.9. The summed E-state index contributed by atoms with van der Waals surface area (Å²) in [5.74, 6) is -1.35. The van der Waals surface area contributed by atoms with Gasteiger partial charge in [0, 0.05) is 34.4 Å². The van der Waals surface area contributed by atoms with Crippen molar-refractivity contribution in [2.45, 2.75) is 40.8 Å². The van der Waals surface area contributed by atoms with Crippen LogP contribution in [0.1, 0.15) is 59.8 Å². The third-order valence-corrected chi connectivity index (χ3v) is 9.31. The standard InChI is InChI=1S/C18H21BrN6O.C11H19N3.C7H4BrN3O2/c1-3-25(4-2)10-11-6-5-7-14(15(11)20)22-18(26)16-13-8-12(19)9-21-17(13)24-23-16;1-3-14(4-2)8-9-6-5-7-10(12)11(9)13;8-3-1-4-5(7(12)13)10-11-6(4)9-2-3/h5-9H,3-4,10,20H2,1-2H3,(H,22,26)(H,21,23,24);5-7H,3-4,8,12-13H2,1-2H3;1-2H,(H,12,13)(H,9,10,11). The van der Waals surface area contributed by atoms with Crippen LogP contribution < -0.4 is 22.5 Å². The molecule has 17 heteroatoms. The molecule has 0 fully saturated rings. The first-order valence-electron chi connectivity index (χ1n) is 16.9. The number of hydrogen-bond acceptors (Lipinski definition) is 11. The second kappa shape index (κ2) is 19.1. The molecule has 0 atom stereocenters. The predicted molar refractivity (Wildman–Crippen MR) is 217 cm³/mol. The summed E-state index contributed by atoms with van der Waals surface area (Å²) < 4.78 is 1.50. The molecule has 0 aliphatic carbocycles. The van der Waals surface area contributed by atoms with Crippen LogP contribution in [-0.2, 0) is 13.1 Å². The van der Waals surface area contributed by atoms with Gasteiger partial charge in [-0.1, -0.05) is 52.0 Å². The van der Waals surface area contributed by atoms with Crippen molar-refractivity contribution in [1.82, 2.24) is 40.2 Å². The van der Waals surface area contributed by atoms with Gasteiger partial charge in [0.1, 0.15) is 5.69 Å². The number of carbonyl (C=O) groups excluding carboxylic acids is 1. The van der Waals surface area contributed by atoms with E-state index in [1.807, 2.05) is 30.3 Å². The van der Waals surface area contributed by atoms with Gasteiger partial charge in [-0.15, -0.1) is 0 Å². The Morgan fingerprint density at radius 1 is 0.736 bits per heavy atom. The molecular formula is C36H44Br2N12O3. The van der Waals surface area contributed by atoms with E-state index in [2.05, 4.69) is 105 Å². The van der Waals surface area contributed by atoms with Crippen LogP contribution in [0.15, 0.2) is 69.9 Å². The minimum atomic E-state index is -1.04. The van der Waals surface area contributed by atoms with E-state index in [-0.39, 0.29) is 11.6 Å². The third kappa shape index (κ3) is 10.5. The Morgan fingerprint density at radius 2 is 1.21 bits per heavy atom. The number of anilines is 4. The van der Waals surface area contributed by atoms with E-state index in [4.69, 9.17) is 22.3 Å². The normalized spacial score (nSPS) is 10.9. The first-order chi connectivity index (χ1) is 25.4. The molecule has 4 aromatic heterocycles. The lowest BCUT2D eigenvalue weighted by Gasteiger charge is -2.20. The summed E-state index contributed by atoms with van der Waals surface area (Å²) in [6.45, 7) is 14.1.